The third-order valence-corrected chi connectivity index (χ3v) is 5.41. The summed E-state index contributed by atoms with van der Waals surface area (Å²) in [7, 11) is 0. The lowest BCUT2D eigenvalue weighted by atomic mass is 9.93. The van der Waals surface area contributed by atoms with Gasteiger partial charge in [0.2, 0.25) is 0 Å². The molecule has 4 rings (SSSR count). The summed E-state index contributed by atoms with van der Waals surface area (Å²) < 4.78 is 15.7. The smallest absolute Gasteiger partial charge is 0.123 e. The largest absolute Gasteiger partial charge is 0.232 e. The molecule has 0 N–H and O–H groups in total. The van der Waals surface area contributed by atoms with Gasteiger partial charge < -0.3 is 0 Å². The zero-order chi connectivity index (χ0) is 17.9. The molecule has 0 fully saturated rings. The van der Waals surface area contributed by atoms with Gasteiger partial charge in [-0.1, -0.05) is 43.3 Å². The molecule has 0 aliphatic carbocycles. The van der Waals surface area contributed by atoms with Gasteiger partial charge in [0.05, 0.1) is 22.0 Å². The van der Waals surface area contributed by atoms with Crippen LogP contribution in [0.3, 0.4) is 0 Å². The molecule has 0 spiro atoms. The van der Waals surface area contributed by atoms with Crippen molar-refractivity contribution in [3.63, 3.8) is 0 Å². The van der Waals surface area contributed by atoms with Crippen molar-refractivity contribution in [2.75, 3.05) is 0 Å². The molecule has 2 heterocycles. The standard InChI is InChI=1S/C22H19FN2S/c1-2-19(16-8-6-9-17(23)14-16)20-15-21(22-12-7-13-26-22)25(24-20)18-10-4-3-5-11-18/h3-15,19H,2H2,1H3. The van der Waals surface area contributed by atoms with E-state index in [1.807, 2.05) is 35.0 Å². The number of hydrogen-bond acceptors (Lipinski definition) is 2. The second-order valence-corrected chi connectivity index (χ2v) is 7.14. The number of thiophene rings is 1. The zero-order valence-electron chi connectivity index (χ0n) is 14.5. The van der Waals surface area contributed by atoms with Gasteiger partial charge in [0.25, 0.3) is 0 Å². The molecule has 26 heavy (non-hydrogen) atoms. The molecular formula is C22H19FN2S. The van der Waals surface area contributed by atoms with Crippen LogP contribution in [0.25, 0.3) is 16.3 Å². The lowest BCUT2D eigenvalue weighted by Crippen LogP contribution is -2.03. The Kier molecular flexibility index (Phi) is 4.67. The lowest BCUT2D eigenvalue weighted by molar-refractivity contribution is 0.620. The first-order chi connectivity index (χ1) is 12.8. The number of hydrogen-bond donors (Lipinski definition) is 0. The summed E-state index contributed by atoms with van der Waals surface area (Å²) >= 11 is 1.69. The minimum absolute atomic E-state index is 0.0642. The maximum Gasteiger partial charge on any atom is 0.123 e. The fourth-order valence-corrected chi connectivity index (χ4v) is 4.00. The third-order valence-electron chi connectivity index (χ3n) is 4.52. The highest BCUT2D eigenvalue weighted by molar-refractivity contribution is 7.13. The molecule has 0 radical (unpaired) electrons. The molecule has 0 aliphatic heterocycles. The first kappa shape index (κ1) is 16.7. The highest BCUT2D eigenvalue weighted by Gasteiger charge is 2.20. The summed E-state index contributed by atoms with van der Waals surface area (Å²) in [5.41, 5.74) is 4.01. The molecule has 0 saturated heterocycles. The highest BCUT2D eigenvalue weighted by atomic mass is 32.1. The van der Waals surface area contributed by atoms with Crippen LogP contribution >= 0.6 is 11.3 Å². The minimum atomic E-state index is -0.207. The van der Waals surface area contributed by atoms with Crippen molar-refractivity contribution < 1.29 is 4.39 Å². The first-order valence-corrected chi connectivity index (χ1v) is 9.59. The van der Waals surface area contributed by atoms with Crippen LogP contribution in [0.1, 0.15) is 30.5 Å². The molecule has 4 heteroatoms. The van der Waals surface area contributed by atoms with Crippen LogP contribution in [0.15, 0.2) is 78.2 Å². The van der Waals surface area contributed by atoms with Gasteiger partial charge in [-0.25, -0.2) is 9.07 Å². The monoisotopic (exact) mass is 362 g/mol. The molecule has 4 aromatic rings. The van der Waals surface area contributed by atoms with E-state index in [0.29, 0.717) is 0 Å². The van der Waals surface area contributed by atoms with E-state index in [0.717, 1.165) is 29.1 Å². The van der Waals surface area contributed by atoms with Crippen molar-refractivity contribution in [1.82, 2.24) is 9.78 Å². The van der Waals surface area contributed by atoms with E-state index in [2.05, 4.69) is 36.6 Å². The summed E-state index contributed by atoms with van der Waals surface area (Å²) in [6.07, 6.45) is 0.860. The number of para-hydroxylation sites is 1. The predicted octanol–water partition coefficient (Wildman–Crippen LogP) is 6.28. The van der Waals surface area contributed by atoms with Crippen LogP contribution in [0.5, 0.6) is 0 Å². The topological polar surface area (TPSA) is 17.8 Å². The van der Waals surface area contributed by atoms with Gasteiger partial charge in [-0.3, -0.25) is 0 Å². The van der Waals surface area contributed by atoms with E-state index in [4.69, 9.17) is 5.10 Å². The van der Waals surface area contributed by atoms with Gasteiger partial charge in [-0.05, 0) is 53.8 Å². The van der Waals surface area contributed by atoms with E-state index in [9.17, 15) is 4.39 Å². The van der Waals surface area contributed by atoms with Crippen molar-refractivity contribution in [3.05, 3.63) is 95.3 Å². The van der Waals surface area contributed by atoms with E-state index in [-0.39, 0.29) is 11.7 Å². The molecule has 1 unspecified atom stereocenters. The molecule has 0 bridgehead atoms. The summed E-state index contributed by atoms with van der Waals surface area (Å²) in [5, 5.41) is 6.99. The number of halogens is 1. The average Bonchev–Trinajstić information content (AvgIpc) is 3.33. The Morgan fingerprint density at radius 1 is 1.00 bits per heavy atom. The molecule has 2 nitrogen and oxygen atoms in total. The Morgan fingerprint density at radius 3 is 2.54 bits per heavy atom. The predicted molar refractivity (Wildman–Crippen MR) is 105 cm³/mol. The number of rotatable bonds is 5. The van der Waals surface area contributed by atoms with Crippen LogP contribution in [-0.4, -0.2) is 9.78 Å². The number of benzene rings is 2. The molecule has 2 aromatic carbocycles. The van der Waals surface area contributed by atoms with E-state index in [1.54, 1.807) is 23.5 Å². The van der Waals surface area contributed by atoms with E-state index >= 15 is 0 Å². The summed E-state index contributed by atoms with van der Waals surface area (Å²) in [4.78, 5) is 1.17. The molecule has 0 aliphatic rings. The van der Waals surface area contributed by atoms with Crippen molar-refractivity contribution in [2.45, 2.75) is 19.3 Å². The Bertz CT molecular complexity index is 990. The second-order valence-electron chi connectivity index (χ2n) is 6.19. The van der Waals surface area contributed by atoms with Gasteiger partial charge in [0.15, 0.2) is 0 Å². The van der Waals surface area contributed by atoms with Crippen molar-refractivity contribution in [1.29, 1.82) is 0 Å². The molecule has 0 amide bonds. The minimum Gasteiger partial charge on any atom is -0.232 e. The maximum absolute atomic E-state index is 13.7. The van der Waals surface area contributed by atoms with Crippen molar-refractivity contribution in [3.8, 4) is 16.3 Å². The molecule has 0 saturated carbocycles. The molecule has 1 atom stereocenters. The van der Waals surface area contributed by atoms with Crippen molar-refractivity contribution >= 4 is 11.3 Å². The van der Waals surface area contributed by atoms with Crippen LogP contribution in [-0.2, 0) is 0 Å². The Labute approximate surface area is 156 Å². The average molecular weight is 362 g/mol. The lowest BCUT2D eigenvalue weighted by Gasteiger charge is -2.12. The second kappa shape index (κ2) is 7.26. The summed E-state index contributed by atoms with van der Waals surface area (Å²) in [6, 6.07) is 23.3. The first-order valence-electron chi connectivity index (χ1n) is 8.71. The fourth-order valence-electron chi connectivity index (χ4n) is 3.27. The van der Waals surface area contributed by atoms with E-state index in [1.165, 1.54) is 10.9 Å². The van der Waals surface area contributed by atoms with Crippen molar-refractivity contribution in [2.24, 2.45) is 0 Å². The molecular weight excluding hydrogens is 343 g/mol. The molecule has 2 aromatic heterocycles. The fraction of sp³-hybridized carbons (Fsp3) is 0.136. The highest BCUT2D eigenvalue weighted by Crippen LogP contribution is 2.33. The SMILES string of the molecule is CCC(c1cccc(F)c1)c1cc(-c2cccs2)n(-c2ccccc2)n1. The van der Waals surface area contributed by atoms with Gasteiger partial charge >= 0.3 is 0 Å². The van der Waals surface area contributed by atoms with Crippen LogP contribution in [0, 0.1) is 5.82 Å². The Balaban J connectivity index is 1.85. The number of aromatic nitrogens is 2. The summed E-state index contributed by atoms with van der Waals surface area (Å²) in [5.74, 6) is -0.142. The van der Waals surface area contributed by atoms with Crippen LogP contribution in [0.2, 0.25) is 0 Å². The van der Waals surface area contributed by atoms with Gasteiger partial charge in [0.1, 0.15) is 5.82 Å². The quantitative estimate of drug-likeness (QED) is 0.408. The summed E-state index contributed by atoms with van der Waals surface area (Å²) in [6.45, 7) is 2.11. The third kappa shape index (κ3) is 3.20. The number of nitrogens with zero attached hydrogens (tertiary/aromatic N) is 2. The molecule has 130 valence electrons. The normalized spacial score (nSPS) is 12.2. The van der Waals surface area contributed by atoms with Gasteiger partial charge in [-0.15, -0.1) is 11.3 Å². The van der Waals surface area contributed by atoms with Gasteiger partial charge in [-0.2, -0.15) is 5.10 Å². The van der Waals surface area contributed by atoms with E-state index < -0.39 is 0 Å². The van der Waals surface area contributed by atoms with Crippen LogP contribution < -0.4 is 0 Å². The zero-order valence-corrected chi connectivity index (χ0v) is 15.3. The Morgan fingerprint density at radius 2 is 1.85 bits per heavy atom. The Hall–Kier alpha value is -2.72. The van der Waals surface area contributed by atoms with Crippen LogP contribution in [0.4, 0.5) is 4.39 Å². The maximum atomic E-state index is 13.7. The van der Waals surface area contributed by atoms with Gasteiger partial charge in [0, 0.05) is 5.92 Å².